The Hall–Kier alpha value is -0.800. The highest BCUT2D eigenvalue weighted by molar-refractivity contribution is 5.02. The molecule has 2 N–H and O–H groups in total. The van der Waals surface area contributed by atoms with Gasteiger partial charge in [-0.25, -0.2) is 0 Å². The molecule has 3 nitrogen and oxygen atoms in total. The van der Waals surface area contributed by atoms with Crippen molar-refractivity contribution in [2.24, 2.45) is 5.73 Å². The summed E-state index contributed by atoms with van der Waals surface area (Å²) >= 11 is 0. The first-order valence-electron chi connectivity index (χ1n) is 3.64. The van der Waals surface area contributed by atoms with E-state index in [4.69, 9.17) is 14.9 Å². The molecule has 1 atom stereocenters. The Morgan fingerprint density at radius 1 is 1.73 bits per heavy atom. The summed E-state index contributed by atoms with van der Waals surface area (Å²) in [7, 11) is 1.66. The lowest BCUT2D eigenvalue weighted by Gasteiger charge is -2.10. The number of rotatable bonds is 4. The summed E-state index contributed by atoms with van der Waals surface area (Å²) in [5.41, 5.74) is 5.39. The van der Waals surface area contributed by atoms with Crippen LogP contribution in [0.2, 0.25) is 0 Å². The smallest absolute Gasteiger partial charge is 0.132 e. The van der Waals surface area contributed by atoms with E-state index in [9.17, 15) is 0 Å². The van der Waals surface area contributed by atoms with Crippen LogP contribution in [0.1, 0.15) is 18.3 Å². The molecule has 1 heterocycles. The highest BCUT2D eigenvalue weighted by Crippen LogP contribution is 2.19. The zero-order valence-electron chi connectivity index (χ0n) is 6.62. The molecular formula is C8H13NO2. The number of nitrogens with two attached hydrogens (primary N) is 1. The molecule has 0 aromatic carbocycles. The average Bonchev–Trinajstić information content (AvgIpc) is 2.52. The van der Waals surface area contributed by atoms with Crippen LogP contribution in [-0.2, 0) is 4.74 Å². The van der Waals surface area contributed by atoms with Gasteiger partial charge in [0.05, 0.1) is 6.26 Å². The third kappa shape index (κ3) is 2.06. The van der Waals surface area contributed by atoms with Crippen LogP contribution in [-0.4, -0.2) is 13.7 Å². The van der Waals surface area contributed by atoms with Gasteiger partial charge in [0.15, 0.2) is 0 Å². The van der Waals surface area contributed by atoms with Crippen LogP contribution in [0.5, 0.6) is 0 Å². The van der Waals surface area contributed by atoms with Crippen molar-refractivity contribution in [2.45, 2.75) is 12.5 Å². The second kappa shape index (κ2) is 4.16. The Labute approximate surface area is 66.1 Å². The van der Waals surface area contributed by atoms with Crippen LogP contribution in [0, 0.1) is 0 Å². The number of furan rings is 1. The molecule has 0 bridgehead atoms. The van der Waals surface area contributed by atoms with Crippen LogP contribution < -0.4 is 5.73 Å². The fourth-order valence-electron chi connectivity index (χ4n) is 1.00. The van der Waals surface area contributed by atoms with E-state index < -0.39 is 0 Å². The topological polar surface area (TPSA) is 48.4 Å². The van der Waals surface area contributed by atoms with Crippen molar-refractivity contribution in [1.82, 2.24) is 0 Å². The Morgan fingerprint density at radius 3 is 3.00 bits per heavy atom. The number of hydrogen-bond acceptors (Lipinski definition) is 3. The van der Waals surface area contributed by atoms with Crippen molar-refractivity contribution in [1.29, 1.82) is 0 Å². The maximum atomic E-state index is 5.39. The van der Waals surface area contributed by atoms with E-state index >= 15 is 0 Å². The van der Waals surface area contributed by atoms with Crippen molar-refractivity contribution in [3.05, 3.63) is 24.2 Å². The Balaban J connectivity index is 2.56. The van der Waals surface area contributed by atoms with Crippen molar-refractivity contribution in [2.75, 3.05) is 13.7 Å². The lowest BCUT2D eigenvalue weighted by molar-refractivity contribution is 0.0787. The molecule has 0 amide bonds. The molecule has 1 aromatic rings. The first-order valence-corrected chi connectivity index (χ1v) is 3.64. The van der Waals surface area contributed by atoms with Crippen LogP contribution >= 0.6 is 0 Å². The quantitative estimate of drug-likeness (QED) is 0.713. The molecule has 1 unspecified atom stereocenters. The lowest BCUT2D eigenvalue weighted by atomic mass is 10.2. The van der Waals surface area contributed by atoms with Gasteiger partial charge in [-0.15, -0.1) is 0 Å². The van der Waals surface area contributed by atoms with Gasteiger partial charge in [0, 0.05) is 7.11 Å². The number of hydrogen-bond donors (Lipinski definition) is 1. The van der Waals surface area contributed by atoms with E-state index in [0.717, 1.165) is 12.2 Å². The summed E-state index contributed by atoms with van der Waals surface area (Å²) in [5, 5.41) is 0. The summed E-state index contributed by atoms with van der Waals surface area (Å²) in [6.45, 7) is 0.610. The second-order valence-corrected chi connectivity index (χ2v) is 2.32. The molecule has 11 heavy (non-hydrogen) atoms. The van der Waals surface area contributed by atoms with Crippen LogP contribution in [0.3, 0.4) is 0 Å². The summed E-state index contributed by atoms with van der Waals surface area (Å²) in [6, 6.07) is 3.74. The SMILES string of the molecule is COC(CCN)c1ccco1. The van der Waals surface area contributed by atoms with Gasteiger partial charge in [0.25, 0.3) is 0 Å². The Kier molecular flexibility index (Phi) is 3.14. The minimum Gasteiger partial charge on any atom is -0.467 e. The van der Waals surface area contributed by atoms with Crippen LogP contribution in [0.4, 0.5) is 0 Å². The van der Waals surface area contributed by atoms with Crippen LogP contribution in [0.25, 0.3) is 0 Å². The van der Waals surface area contributed by atoms with Gasteiger partial charge in [0.1, 0.15) is 11.9 Å². The summed E-state index contributed by atoms with van der Waals surface area (Å²) in [6.07, 6.45) is 2.44. The molecule has 62 valence electrons. The van der Waals surface area contributed by atoms with Gasteiger partial charge >= 0.3 is 0 Å². The van der Waals surface area contributed by atoms with Gasteiger partial charge in [0.2, 0.25) is 0 Å². The molecule has 0 fully saturated rings. The fourth-order valence-corrected chi connectivity index (χ4v) is 1.00. The van der Waals surface area contributed by atoms with E-state index in [-0.39, 0.29) is 6.10 Å². The molecule has 1 aromatic heterocycles. The third-order valence-corrected chi connectivity index (χ3v) is 1.57. The second-order valence-electron chi connectivity index (χ2n) is 2.32. The molecule has 3 heteroatoms. The molecule has 0 spiro atoms. The van der Waals surface area contributed by atoms with E-state index in [1.165, 1.54) is 0 Å². The van der Waals surface area contributed by atoms with Crippen molar-refractivity contribution in [3.63, 3.8) is 0 Å². The zero-order valence-corrected chi connectivity index (χ0v) is 6.62. The van der Waals surface area contributed by atoms with Crippen molar-refractivity contribution in [3.8, 4) is 0 Å². The highest BCUT2D eigenvalue weighted by Gasteiger charge is 2.10. The van der Waals surface area contributed by atoms with E-state index in [1.54, 1.807) is 13.4 Å². The largest absolute Gasteiger partial charge is 0.467 e. The minimum atomic E-state index is 0.00926. The standard InChI is InChI=1S/C8H13NO2/c1-10-7(4-5-9)8-3-2-6-11-8/h2-3,6-7H,4-5,9H2,1H3. The van der Waals surface area contributed by atoms with Gasteiger partial charge in [-0.3, -0.25) is 0 Å². The summed E-state index contributed by atoms with van der Waals surface area (Å²) in [5.74, 6) is 0.845. The molecule has 1 rings (SSSR count). The molecule has 0 aliphatic heterocycles. The predicted molar refractivity (Wildman–Crippen MR) is 42.1 cm³/mol. The minimum absolute atomic E-state index is 0.00926. The van der Waals surface area contributed by atoms with Gasteiger partial charge in [-0.05, 0) is 25.1 Å². The van der Waals surface area contributed by atoms with E-state index in [0.29, 0.717) is 6.54 Å². The predicted octanol–water partition coefficient (Wildman–Crippen LogP) is 1.32. The normalized spacial score (nSPS) is 13.3. The van der Waals surface area contributed by atoms with E-state index in [2.05, 4.69) is 0 Å². The lowest BCUT2D eigenvalue weighted by Crippen LogP contribution is -2.08. The van der Waals surface area contributed by atoms with Crippen molar-refractivity contribution < 1.29 is 9.15 Å². The molecule has 0 aliphatic rings. The molecule has 0 radical (unpaired) electrons. The molecule has 0 saturated heterocycles. The van der Waals surface area contributed by atoms with Gasteiger partial charge in [-0.1, -0.05) is 0 Å². The first kappa shape index (κ1) is 8.30. The van der Waals surface area contributed by atoms with Crippen molar-refractivity contribution >= 4 is 0 Å². The molecular weight excluding hydrogens is 142 g/mol. The molecule has 0 saturated carbocycles. The zero-order chi connectivity index (χ0) is 8.10. The van der Waals surface area contributed by atoms with Crippen LogP contribution in [0.15, 0.2) is 22.8 Å². The Morgan fingerprint density at radius 2 is 2.55 bits per heavy atom. The monoisotopic (exact) mass is 155 g/mol. The number of methoxy groups -OCH3 is 1. The van der Waals surface area contributed by atoms with Gasteiger partial charge < -0.3 is 14.9 Å². The average molecular weight is 155 g/mol. The van der Waals surface area contributed by atoms with Gasteiger partial charge in [-0.2, -0.15) is 0 Å². The third-order valence-electron chi connectivity index (χ3n) is 1.57. The maximum Gasteiger partial charge on any atom is 0.132 e. The fraction of sp³-hybridized carbons (Fsp3) is 0.500. The summed E-state index contributed by atoms with van der Waals surface area (Å²) in [4.78, 5) is 0. The summed E-state index contributed by atoms with van der Waals surface area (Å²) < 4.78 is 10.3. The maximum absolute atomic E-state index is 5.39. The first-order chi connectivity index (χ1) is 5.38. The molecule has 0 aliphatic carbocycles. The number of ether oxygens (including phenoxy) is 1. The highest BCUT2D eigenvalue weighted by atomic mass is 16.5. The Bertz CT molecular complexity index is 184. The van der Waals surface area contributed by atoms with E-state index in [1.807, 2.05) is 12.1 Å².